The first-order valence-electron chi connectivity index (χ1n) is 8.63. The first kappa shape index (κ1) is 17.5. The molecule has 2 fully saturated rings. The Bertz CT molecular complexity index is 670. The van der Waals surface area contributed by atoms with Crippen LogP contribution in [0, 0.1) is 5.41 Å². The monoisotopic (exact) mass is 389 g/mol. The highest BCUT2D eigenvalue weighted by atomic mass is 79.9. The summed E-state index contributed by atoms with van der Waals surface area (Å²) in [6.07, 6.45) is 7.57. The van der Waals surface area contributed by atoms with Gasteiger partial charge in [-0.1, -0.05) is 47.0 Å². The first-order valence-corrected chi connectivity index (χ1v) is 9.43. The van der Waals surface area contributed by atoms with Gasteiger partial charge >= 0.3 is 0 Å². The lowest BCUT2D eigenvalue weighted by Crippen LogP contribution is -2.44. The number of nitrogens with zero attached hydrogens (tertiary/aromatic N) is 1. The van der Waals surface area contributed by atoms with Gasteiger partial charge in [0.25, 0.3) is 5.91 Å². The van der Waals surface area contributed by atoms with E-state index in [2.05, 4.69) is 27.7 Å². The van der Waals surface area contributed by atoms with Crippen molar-refractivity contribution in [1.29, 1.82) is 0 Å². The topological polar surface area (TPSA) is 29.5 Å². The number of ether oxygens (including phenoxy) is 1. The highest BCUT2D eigenvalue weighted by Gasteiger charge is 2.45. The van der Waals surface area contributed by atoms with Crippen molar-refractivity contribution in [3.05, 3.63) is 51.7 Å². The molecule has 3 nitrogen and oxygen atoms in total. The molecule has 24 heavy (non-hydrogen) atoms. The van der Waals surface area contributed by atoms with E-state index in [0.29, 0.717) is 13.2 Å². The van der Waals surface area contributed by atoms with Crippen molar-refractivity contribution >= 4 is 21.8 Å². The van der Waals surface area contributed by atoms with Crippen molar-refractivity contribution in [2.45, 2.75) is 38.6 Å². The van der Waals surface area contributed by atoms with E-state index < -0.39 is 0 Å². The summed E-state index contributed by atoms with van der Waals surface area (Å²) in [7, 11) is 1.66. The van der Waals surface area contributed by atoms with Crippen LogP contribution in [-0.2, 0) is 16.1 Å². The third kappa shape index (κ3) is 3.51. The van der Waals surface area contributed by atoms with Gasteiger partial charge in [-0.15, -0.1) is 5.73 Å². The van der Waals surface area contributed by atoms with Crippen molar-refractivity contribution < 1.29 is 9.53 Å². The lowest BCUT2D eigenvalue weighted by atomic mass is 9.73. The maximum atomic E-state index is 13.1. The predicted molar refractivity (Wildman–Crippen MR) is 98.5 cm³/mol. The molecule has 1 heterocycles. The Hall–Kier alpha value is -1.35. The number of rotatable bonds is 4. The molecule has 128 valence electrons. The Labute approximate surface area is 152 Å². The van der Waals surface area contributed by atoms with E-state index in [0.717, 1.165) is 41.4 Å². The molecule has 0 atom stereocenters. The Morgan fingerprint density at radius 2 is 2.04 bits per heavy atom. The summed E-state index contributed by atoms with van der Waals surface area (Å²) in [5.74, 6) is 0.145. The normalized spacial score (nSPS) is 19.7. The molecule has 1 aliphatic heterocycles. The van der Waals surface area contributed by atoms with Gasteiger partial charge in [-0.25, -0.2) is 0 Å². The molecule has 1 saturated heterocycles. The van der Waals surface area contributed by atoms with Crippen molar-refractivity contribution in [2.24, 2.45) is 5.41 Å². The van der Waals surface area contributed by atoms with Crippen LogP contribution >= 0.6 is 15.9 Å². The van der Waals surface area contributed by atoms with Crippen LogP contribution in [-0.4, -0.2) is 31.1 Å². The second kappa shape index (κ2) is 7.69. The van der Waals surface area contributed by atoms with Crippen LogP contribution in [0.5, 0.6) is 0 Å². The van der Waals surface area contributed by atoms with Crippen LogP contribution in [0.25, 0.3) is 0 Å². The van der Waals surface area contributed by atoms with Gasteiger partial charge in [0.2, 0.25) is 0 Å². The van der Waals surface area contributed by atoms with Crippen molar-refractivity contribution in [3.63, 3.8) is 0 Å². The zero-order valence-corrected chi connectivity index (χ0v) is 15.8. The number of amides is 1. The molecule has 1 spiro atoms. The number of carbonyl (C=O) groups is 1. The van der Waals surface area contributed by atoms with Gasteiger partial charge in [0.15, 0.2) is 0 Å². The third-order valence-electron chi connectivity index (χ3n) is 5.27. The maximum Gasteiger partial charge on any atom is 0.258 e. The van der Waals surface area contributed by atoms with E-state index in [4.69, 9.17) is 4.74 Å². The van der Waals surface area contributed by atoms with Gasteiger partial charge in [-0.2, -0.15) is 0 Å². The van der Waals surface area contributed by atoms with Crippen LogP contribution in [0.1, 0.15) is 37.7 Å². The smallest absolute Gasteiger partial charge is 0.258 e. The van der Waals surface area contributed by atoms with Gasteiger partial charge in [-0.05, 0) is 37.0 Å². The second-order valence-corrected chi connectivity index (χ2v) is 7.59. The molecule has 1 saturated carbocycles. The van der Waals surface area contributed by atoms with E-state index in [1.807, 2.05) is 29.2 Å². The molecule has 4 heteroatoms. The number of hydrogen-bond acceptors (Lipinski definition) is 2. The Balaban J connectivity index is 1.86. The zero-order valence-electron chi connectivity index (χ0n) is 14.2. The molecular formula is C20H24BrNO2. The number of piperidine rings is 1. The quantitative estimate of drug-likeness (QED) is 0.561. The third-order valence-corrected chi connectivity index (χ3v) is 6.04. The van der Waals surface area contributed by atoms with Gasteiger partial charge in [0.1, 0.15) is 0 Å². The highest BCUT2D eigenvalue weighted by Crippen LogP contribution is 2.49. The molecule has 1 aromatic rings. The standard InChI is InChI=1S/C20H24BrNO2/c1-24-14-6-8-17-19(23)22(13-12-20(17)10-4-5-11-20)15-16-7-2-3-9-18(16)21/h2-3,6-7,9H,4-5,10-15H2,1H3. The average Bonchev–Trinajstić information content (AvgIpc) is 3.05. The summed E-state index contributed by atoms with van der Waals surface area (Å²) >= 11 is 3.59. The number of methoxy groups -OCH3 is 1. The summed E-state index contributed by atoms with van der Waals surface area (Å²) in [4.78, 5) is 15.1. The molecule has 1 aromatic carbocycles. The molecule has 0 aromatic heterocycles. The summed E-state index contributed by atoms with van der Waals surface area (Å²) < 4.78 is 6.15. The number of hydrogen-bond donors (Lipinski definition) is 0. The molecule has 1 aliphatic carbocycles. The largest absolute Gasteiger partial charge is 0.380 e. The van der Waals surface area contributed by atoms with Crippen LogP contribution < -0.4 is 0 Å². The summed E-state index contributed by atoms with van der Waals surface area (Å²) in [6.45, 7) is 1.97. The first-order chi connectivity index (χ1) is 11.7. The van der Waals surface area contributed by atoms with Crippen LogP contribution in [0.2, 0.25) is 0 Å². The lowest BCUT2D eigenvalue weighted by Gasteiger charge is -2.40. The van der Waals surface area contributed by atoms with Crippen LogP contribution in [0.15, 0.2) is 46.1 Å². The second-order valence-electron chi connectivity index (χ2n) is 6.73. The summed E-state index contributed by atoms with van der Waals surface area (Å²) in [6, 6.07) is 8.11. The van der Waals surface area contributed by atoms with E-state index in [-0.39, 0.29) is 11.3 Å². The van der Waals surface area contributed by atoms with E-state index in [1.54, 1.807) is 7.11 Å². The predicted octanol–water partition coefficient (Wildman–Crippen LogP) is 4.47. The number of benzene rings is 1. The maximum absolute atomic E-state index is 13.1. The molecule has 0 radical (unpaired) electrons. The van der Waals surface area contributed by atoms with Gasteiger partial charge in [0, 0.05) is 30.1 Å². The fraction of sp³-hybridized carbons (Fsp3) is 0.500. The minimum atomic E-state index is 0.0474. The zero-order chi connectivity index (χ0) is 17.0. The van der Waals surface area contributed by atoms with Crippen LogP contribution in [0.3, 0.4) is 0 Å². The lowest BCUT2D eigenvalue weighted by molar-refractivity contribution is -0.131. The molecule has 0 unspecified atom stereocenters. The minimum absolute atomic E-state index is 0.0474. The van der Waals surface area contributed by atoms with Gasteiger partial charge in [-0.3, -0.25) is 4.79 Å². The van der Waals surface area contributed by atoms with Crippen LogP contribution in [0.4, 0.5) is 0 Å². The summed E-state index contributed by atoms with van der Waals surface area (Å²) in [5.41, 5.74) is 5.36. The molecular weight excluding hydrogens is 366 g/mol. The minimum Gasteiger partial charge on any atom is -0.380 e. The van der Waals surface area contributed by atoms with Gasteiger partial charge < -0.3 is 9.64 Å². The fourth-order valence-electron chi connectivity index (χ4n) is 3.94. The van der Waals surface area contributed by atoms with Crippen molar-refractivity contribution in [3.8, 4) is 0 Å². The molecule has 0 bridgehead atoms. The van der Waals surface area contributed by atoms with E-state index in [1.165, 1.54) is 12.8 Å². The summed E-state index contributed by atoms with van der Waals surface area (Å²) in [5, 5.41) is 0. The number of likely N-dealkylation sites (tertiary alicyclic amines) is 1. The van der Waals surface area contributed by atoms with Crippen molar-refractivity contribution in [1.82, 2.24) is 4.90 Å². The molecule has 1 amide bonds. The van der Waals surface area contributed by atoms with Crippen molar-refractivity contribution in [2.75, 3.05) is 20.3 Å². The Morgan fingerprint density at radius 3 is 2.75 bits per heavy atom. The van der Waals surface area contributed by atoms with E-state index >= 15 is 0 Å². The fourth-order valence-corrected chi connectivity index (χ4v) is 4.35. The van der Waals surface area contributed by atoms with E-state index in [9.17, 15) is 4.79 Å². The highest BCUT2D eigenvalue weighted by molar-refractivity contribution is 9.10. The number of halogens is 1. The molecule has 3 rings (SSSR count). The number of carbonyl (C=O) groups excluding carboxylic acids is 1. The SMILES string of the molecule is COCC=C=C1C(=O)N(Cc2ccccc2Br)CCC12CCCC2. The molecule has 0 N–H and O–H groups in total. The molecule has 2 aliphatic rings. The van der Waals surface area contributed by atoms with Gasteiger partial charge in [0.05, 0.1) is 12.2 Å². The average molecular weight is 390 g/mol. The Morgan fingerprint density at radius 1 is 1.29 bits per heavy atom. The Kier molecular flexibility index (Phi) is 5.60.